The Kier molecular flexibility index (Phi) is 6.41. The summed E-state index contributed by atoms with van der Waals surface area (Å²) in [4.78, 5) is 6.76. The molecule has 1 aliphatic rings. The number of halogens is 1. The Morgan fingerprint density at radius 3 is 2.50 bits per heavy atom. The number of benzene rings is 2. The Labute approximate surface area is 188 Å². The minimum Gasteiger partial charge on any atom is -0.296 e. The van der Waals surface area contributed by atoms with E-state index in [-0.39, 0.29) is 16.5 Å². The van der Waals surface area contributed by atoms with Gasteiger partial charge in [-0.05, 0) is 43.7 Å². The molecule has 0 bridgehead atoms. The maximum atomic E-state index is 15.0. The van der Waals surface area contributed by atoms with Crippen LogP contribution in [0.15, 0.2) is 53.4 Å². The Bertz CT molecular complexity index is 1190. The van der Waals surface area contributed by atoms with Gasteiger partial charge in [-0.2, -0.15) is 0 Å². The number of rotatable bonds is 7. The van der Waals surface area contributed by atoms with Gasteiger partial charge in [0.2, 0.25) is 10.0 Å². The lowest BCUT2D eigenvalue weighted by atomic mass is 10.0. The van der Waals surface area contributed by atoms with Gasteiger partial charge in [0.1, 0.15) is 17.3 Å². The van der Waals surface area contributed by atoms with Crippen LogP contribution in [-0.4, -0.2) is 41.2 Å². The molecule has 0 unspecified atom stereocenters. The molecule has 0 spiro atoms. The molecule has 1 heterocycles. The molecule has 2 aromatic carbocycles. The van der Waals surface area contributed by atoms with Crippen LogP contribution in [0, 0.1) is 5.82 Å². The highest BCUT2D eigenvalue weighted by Crippen LogP contribution is 2.28. The zero-order valence-corrected chi connectivity index (χ0v) is 19.1. The average Bonchev–Trinajstić information content (AvgIpc) is 3.43. The lowest BCUT2D eigenvalue weighted by Gasteiger charge is -2.22. The van der Waals surface area contributed by atoms with Crippen molar-refractivity contribution in [3.63, 3.8) is 0 Å². The molecule has 1 aromatic heterocycles. The van der Waals surface area contributed by atoms with E-state index in [4.69, 9.17) is 10.1 Å². The maximum absolute atomic E-state index is 15.0. The van der Waals surface area contributed by atoms with Crippen LogP contribution in [-0.2, 0) is 16.6 Å². The third-order valence-corrected chi connectivity index (χ3v) is 7.09. The summed E-state index contributed by atoms with van der Waals surface area (Å²) >= 11 is 0. The van der Waals surface area contributed by atoms with Crippen molar-refractivity contribution in [1.29, 1.82) is 0 Å². The zero-order valence-electron chi connectivity index (χ0n) is 18.3. The van der Waals surface area contributed by atoms with E-state index in [2.05, 4.69) is 17.0 Å². The minimum atomic E-state index is -4.01. The van der Waals surface area contributed by atoms with Crippen LogP contribution in [0.3, 0.4) is 0 Å². The largest absolute Gasteiger partial charge is 0.296 e. The zero-order chi connectivity index (χ0) is 22.9. The fourth-order valence-electron chi connectivity index (χ4n) is 4.32. The Morgan fingerprint density at radius 1 is 1.19 bits per heavy atom. The summed E-state index contributed by atoms with van der Waals surface area (Å²) in [6.07, 6.45) is 4.78. The molecule has 1 saturated carbocycles. The van der Waals surface area contributed by atoms with Crippen molar-refractivity contribution >= 4 is 10.0 Å². The second-order valence-electron chi connectivity index (χ2n) is 8.44. The van der Waals surface area contributed by atoms with Crippen LogP contribution in [0.2, 0.25) is 0 Å². The van der Waals surface area contributed by atoms with Crippen LogP contribution in [0.1, 0.15) is 55.7 Å². The number of nitrogens with zero attached hydrogens (tertiary/aromatic N) is 4. The first-order valence-corrected chi connectivity index (χ1v) is 12.3. The summed E-state index contributed by atoms with van der Waals surface area (Å²) in [5.74, 6) is 0.325. The molecule has 1 fully saturated rings. The first-order valence-electron chi connectivity index (χ1n) is 10.8. The highest BCUT2D eigenvalue weighted by Gasteiger charge is 2.25. The topological polar surface area (TPSA) is 94.1 Å². The molecular weight excluding hydrogens is 429 g/mol. The van der Waals surface area contributed by atoms with E-state index in [1.807, 2.05) is 37.3 Å². The minimum absolute atomic E-state index is 0.137. The van der Waals surface area contributed by atoms with Crippen LogP contribution in [0.25, 0.3) is 5.69 Å². The summed E-state index contributed by atoms with van der Waals surface area (Å²) in [5.41, 5.74) is 1.16. The lowest BCUT2D eigenvalue weighted by Crippen LogP contribution is -2.29. The van der Waals surface area contributed by atoms with Gasteiger partial charge in [0.05, 0.1) is 11.4 Å². The number of aromatic nitrogens is 3. The van der Waals surface area contributed by atoms with Gasteiger partial charge in [-0.1, -0.05) is 50.1 Å². The first-order chi connectivity index (χ1) is 15.2. The maximum Gasteiger partial charge on any atom is 0.238 e. The van der Waals surface area contributed by atoms with Crippen molar-refractivity contribution in [2.24, 2.45) is 5.14 Å². The first kappa shape index (κ1) is 22.6. The van der Waals surface area contributed by atoms with Gasteiger partial charge in [-0.15, -0.1) is 5.10 Å². The molecule has 9 heteroatoms. The molecule has 0 saturated heterocycles. The summed E-state index contributed by atoms with van der Waals surface area (Å²) < 4.78 is 39.7. The van der Waals surface area contributed by atoms with Crippen LogP contribution >= 0.6 is 0 Å². The van der Waals surface area contributed by atoms with E-state index in [9.17, 15) is 8.42 Å². The molecule has 0 aliphatic heterocycles. The normalized spacial score (nSPS) is 16.0. The average molecular weight is 458 g/mol. The number of hydrogen-bond acceptors (Lipinski definition) is 5. The molecule has 2 N–H and O–H groups in total. The van der Waals surface area contributed by atoms with E-state index in [1.54, 1.807) is 0 Å². The molecule has 0 amide bonds. The van der Waals surface area contributed by atoms with Gasteiger partial charge >= 0.3 is 0 Å². The Hall–Kier alpha value is -2.62. The van der Waals surface area contributed by atoms with Crippen molar-refractivity contribution in [2.75, 3.05) is 7.05 Å². The Morgan fingerprint density at radius 2 is 1.88 bits per heavy atom. The third-order valence-electron chi connectivity index (χ3n) is 6.18. The molecule has 4 rings (SSSR count). The Balaban J connectivity index is 1.75. The molecular formula is C23H28FN5O2S. The van der Waals surface area contributed by atoms with Crippen LogP contribution in [0.5, 0.6) is 0 Å². The third kappa shape index (κ3) is 4.74. The second kappa shape index (κ2) is 9.09. The number of nitrogens with two attached hydrogens (primary N) is 1. The standard InChI is InChI=1S/C23H28FN5O2S/c1-16(17-8-4-3-5-9-17)23-26-22(15-28(2)18-10-6-7-11-18)27-29(23)21-13-12-19(14-20(21)24)32(25,30)31/h3-5,8-9,12-14,16,18H,6-7,10-11,15H2,1-2H3,(H2,25,30,31)/t16-/m0/s1. The predicted octanol–water partition coefficient (Wildman–Crippen LogP) is 3.58. The van der Waals surface area contributed by atoms with E-state index < -0.39 is 15.8 Å². The predicted molar refractivity (Wildman–Crippen MR) is 120 cm³/mol. The second-order valence-corrected chi connectivity index (χ2v) is 10.0. The van der Waals surface area contributed by atoms with E-state index >= 15 is 4.39 Å². The smallest absolute Gasteiger partial charge is 0.238 e. The van der Waals surface area contributed by atoms with E-state index in [0.717, 1.165) is 24.5 Å². The number of hydrogen-bond donors (Lipinski definition) is 1. The molecule has 3 aromatic rings. The fraction of sp³-hybridized carbons (Fsp3) is 0.391. The molecule has 1 atom stereocenters. The SMILES string of the molecule is C[C@@H](c1ccccc1)c1nc(CN(C)C2CCCC2)nn1-c1ccc(S(N)(=O)=O)cc1F. The van der Waals surface area contributed by atoms with Crippen LogP contribution < -0.4 is 5.14 Å². The van der Waals surface area contributed by atoms with Crippen LogP contribution in [0.4, 0.5) is 4.39 Å². The quantitative estimate of drug-likeness (QED) is 0.585. The molecule has 0 radical (unpaired) electrons. The summed E-state index contributed by atoms with van der Waals surface area (Å²) in [7, 11) is -1.94. The van der Waals surface area contributed by atoms with Gasteiger partial charge in [0, 0.05) is 12.0 Å². The highest BCUT2D eigenvalue weighted by molar-refractivity contribution is 7.89. The van der Waals surface area contributed by atoms with Gasteiger partial charge in [0.15, 0.2) is 5.82 Å². The van der Waals surface area contributed by atoms with Gasteiger partial charge in [0.25, 0.3) is 0 Å². The number of sulfonamides is 1. The van der Waals surface area contributed by atoms with Crippen molar-refractivity contribution in [3.05, 3.63) is 71.6 Å². The summed E-state index contributed by atoms with van der Waals surface area (Å²) in [5, 5.41) is 9.79. The van der Waals surface area contributed by atoms with E-state index in [1.165, 1.54) is 29.7 Å². The van der Waals surface area contributed by atoms with Crippen molar-refractivity contribution < 1.29 is 12.8 Å². The van der Waals surface area contributed by atoms with E-state index in [0.29, 0.717) is 24.2 Å². The van der Waals surface area contributed by atoms with Crippen molar-refractivity contribution in [3.8, 4) is 5.69 Å². The summed E-state index contributed by atoms with van der Waals surface area (Å²) in [6, 6.07) is 13.9. The monoisotopic (exact) mass is 457 g/mol. The molecule has 7 nitrogen and oxygen atoms in total. The lowest BCUT2D eigenvalue weighted by molar-refractivity contribution is 0.232. The molecule has 32 heavy (non-hydrogen) atoms. The van der Waals surface area contributed by atoms with Gasteiger partial charge in [-0.3, -0.25) is 4.90 Å². The van der Waals surface area contributed by atoms with Crippen molar-refractivity contribution in [1.82, 2.24) is 19.7 Å². The molecule has 170 valence electrons. The molecule has 1 aliphatic carbocycles. The highest BCUT2D eigenvalue weighted by atomic mass is 32.2. The fourth-order valence-corrected chi connectivity index (χ4v) is 4.84. The van der Waals surface area contributed by atoms with Gasteiger partial charge < -0.3 is 0 Å². The number of primary sulfonamides is 1. The summed E-state index contributed by atoms with van der Waals surface area (Å²) in [6.45, 7) is 2.56. The van der Waals surface area contributed by atoms with Crippen molar-refractivity contribution in [2.45, 2.75) is 56.0 Å². The van der Waals surface area contributed by atoms with Gasteiger partial charge in [-0.25, -0.2) is 27.6 Å².